The van der Waals surface area contributed by atoms with Crippen LogP contribution in [0.5, 0.6) is 0 Å². The summed E-state index contributed by atoms with van der Waals surface area (Å²) < 4.78 is 6.19. The van der Waals surface area contributed by atoms with Crippen molar-refractivity contribution in [3.8, 4) is 0 Å². The van der Waals surface area contributed by atoms with Crippen molar-refractivity contribution in [3.63, 3.8) is 0 Å². The fourth-order valence-electron chi connectivity index (χ4n) is 5.92. The van der Waals surface area contributed by atoms with Crippen LogP contribution >= 0.6 is 0 Å². The van der Waals surface area contributed by atoms with Crippen molar-refractivity contribution in [1.82, 2.24) is 15.5 Å². The second-order valence-corrected chi connectivity index (χ2v) is 10.7. The van der Waals surface area contributed by atoms with Gasteiger partial charge < -0.3 is 25.4 Å². The molecule has 0 radical (unpaired) electrons. The van der Waals surface area contributed by atoms with Crippen LogP contribution in [0.2, 0.25) is 0 Å². The summed E-state index contributed by atoms with van der Waals surface area (Å²) in [7, 11) is 1.95. The van der Waals surface area contributed by atoms with Gasteiger partial charge in [0.2, 0.25) is 11.8 Å². The minimum absolute atomic E-state index is 0.0673. The van der Waals surface area contributed by atoms with Crippen molar-refractivity contribution in [2.24, 2.45) is 5.92 Å². The molecule has 2 amide bonds. The summed E-state index contributed by atoms with van der Waals surface area (Å²) in [5, 5.41) is 16.8. The lowest BCUT2D eigenvalue weighted by Gasteiger charge is -2.44. The van der Waals surface area contributed by atoms with Crippen LogP contribution in [0.25, 0.3) is 0 Å². The van der Waals surface area contributed by atoms with Crippen LogP contribution in [0.1, 0.15) is 111 Å². The Morgan fingerprint density at radius 1 is 0.971 bits per heavy atom. The van der Waals surface area contributed by atoms with Crippen molar-refractivity contribution < 1.29 is 19.4 Å². The van der Waals surface area contributed by atoms with E-state index in [9.17, 15) is 14.7 Å². The number of hydrogen-bond donors (Lipinski definition) is 3. The van der Waals surface area contributed by atoms with E-state index in [0.717, 1.165) is 83.6 Å². The number of rotatable bonds is 16. The maximum absolute atomic E-state index is 12.4. The molecule has 7 heteroatoms. The molecule has 0 aromatic carbocycles. The normalized spacial score (nSPS) is 28.9. The van der Waals surface area contributed by atoms with Crippen LogP contribution in [-0.2, 0) is 14.3 Å². The quantitative estimate of drug-likeness (QED) is 0.280. The fourth-order valence-corrected chi connectivity index (χ4v) is 5.92. The van der Waals surface area contributed by atoms with E-state index in [1.165, 1.54) is 0 Å². The molecule has 6 atom stereocenters. The number of carbonyl (C=O) groups excluding carboxylic acids is 2. The van der Waals surface area contributed by atoms with E-state index in [2.05, 4.69) is 36.3 Å². The predicted molar refractivity (Wildman–Crippen MR) is 141 cm³/mol. The Morgan fingerprint density at radius 3 is 2.40 bits per heavy atom. The first-order valence-corrected chi connectivity index (χ1v) is 14.5. The van der Waals surface area contributed by atoms with E-state index < -0.39 is 6.10 Å². The highest BCUT2D eigenvalue weighted by Gasteiger charge is 2.40. The summed E-state index contributed by atoms with van der Waals surface area (Å²) in [5.41, 5.74) is 0. The Bertz CT molecular complexity index is 617. The van der Waals surface area contributed by atoms with Gasteiger partial charge in [-0.3, -0.25) is 9.59 Å². The maximum atomic E-state index is 12.4. The monoisotopic (exact) mass is 495 g/mol. The molecule has 0 spiro atoms. The Morgan fingerprint density at radius 2 is 1.69 bits per heavy atom. The molecule has 2 fully saturated rings. The number of unbranched alkanes of at least 4 members (excludes halogenated alkanes) is 5. The molecule has 3 N–H and O–H groups in total. The number of nitrogens with zero attached hydrogens (tertiary/aromatic N) is 1. The van der Waals surface area contributed by atoms with Crippen LogP contribution in [0.3, 0.4) is 0 Å². The molecule has 2 rings (SSSR count). The molecular formula is C28H53N3O4. The SMILES string of the molecule is CCC1OC(CCCCCCC(=O)NCCCCCC(=O)N2CCCC2CC)C(NC)C(C)C1O. The van der Waals surface area contributed by atoms with Gasteiger partial charge in [0.25, 0.3) is 0 Å². The Balaban J connectivity index is 1.46. The Kier molecular flexibility index (Phi) is 14.2. The molecule has 204 valence electrons. The highest BCUT2D eigenvalue weighted by atomic mass is 16.5. The molecule has 2 saturated heterocycles. The Labute approximate surface area is 214 Å². The summed E-state index contributed by atoms with van der Waals surface area (Å²) in [5.74, 6) is 0.641. The van der Waals surface area contributed by atoms with Crippen molar-refractivity contribution in [3.05, 3.63) is 0 Å². The molecule has 0 aromatic heterocycles. The Hall–Kier alpha value is -1.18. The first-order valence-electron chi connectivity index (χ1n) is 14.5. The van der Waals surface area contributed by atoms with E-state index in [1.54, 1.807) is 0 Å². The lowest BCUT2D eigenvalue weighted by Crippen LogP contribution is -2.57. The highest BCUT2D eigenvalue weighted by Crippen LogP contribution is 2.30. The van der Waals surface area contributed by atoms with Crippen LogP contribution in [0, 0.1) is 5.92 Å². The average molecular weight is 496 g/mol. The number of likely N-dealkylation sites (N-methyl/N-ethyl adjacent to an activating group) is 1. The summed E-state index contributed by atoms with van der Waals surface area (Å²) in [6, 6.07) is 0.643. The molecule has 7 nitrogen and oxygen atoms in total. The first-order chi connectivity index (χ1) is 16.9. The third-order valence-electron chi connectivity index (χ3n) is 8.17. The maximum Gasteiger partial charge on any atom is 0.222 e. The smallest absolute Gasteiger partial charge is 0.222 e. The van der Waals surface area contributed by atoms with Gasteiger partial charge in [-0.1, -0.05) is 46.5 Å². The second kappa shape index (κ2) is 16.5. The number of aliphatic hydroxyl groups excluding tert-OH is 1. The minimum Gasteiger partial charge on any atom is -0.390 e. The van der Waals surface area contributed by atoms with Gasteiger partial charge in [-0.15, -0.1) is 0 Å². The van der Waals surface area contributed by atoms with Gasteiger partial charge in [-0.25, -0.2) is 0 Å². The molecule has 0 bridgehead atoms. The molecule has 2 aliphatic heterocycles. The first kappa shape index (κ1) is 30.0. The number of amides is 2. The summed E-state index contributed by atoms with van der Waals surface area (Å²) in [6.45, 7) is 7.99. The van der Waals surface area contributed by atoms with Crippen LogP contribution in [0.15, 0.2) is 0 Å². The van der Waals surface area contributed by atoms with Crippen LogP contribution in [-0.4, -0.2) is 72.4 Å². The average Bonchev–Trinajstić information content (AvgIpc) is 3.34. The third kappa shape index (κ3) is 9.66. The summed E-state index contributed by atoms with van der Waals surface area (Å²) in [4.78, 5) is 26.5. The zero-order valence-electron chi connectivity index (χ0n) is 22.9. The zero-order valence-corrected chi connectivity index (χ0v) is 22.9. The number of hydrogen-bond acceptors (Lipinski definition) is 5. The topological polar surface area (TPSA) is 90.9 Å². The largest absolute Gasteiger partial charge is 0.390 e. The number of aliphatic hydroxyl groups is 1. The van der Waals surface area contributed by atoms with Crippen LogP contribution < -0.4 is 10.6 Å². The molecule has 2 aliphatic rings. The lowest BCUT2D eigenvalue weighted by molar-refractivity contribution is -0.159. The predicted octanol–water partition coefficient (Wildman–Crippen LogP) is 4.17. The van der Waals surface area contributed by atoms with Gasteiger partial charge in [0.15, 0.2) is 0 Å². The van der Waals surface area contributed by atoms with Gasteiger partial charge in [0.05, 0.1) is 18.3 Å². The number of carbonyl (C=O) groups is 2. The van der Waals surface area contributed by atoms with E-state index in [0.29, 0.717) is 31.3 Å². The number of nitrogens with one attached hydrogen (secondary N) is 2. The van der Waals surface area contributed by atoms with Gasteiger partial charge in [-0.2, -0.15) is 0 Å². The molecule has 0 saturated carbocycles. The van der Waals surface area contributed by atoms with E-state index in [-0.39, 0.29) is 30.1 Å². The van der Waals surface area contributed by atoms with Gasteiger partial charge >= 0.3 is 0 Å². The van der Waals surface area contributed by atoms with Crippen molar-refractivity contribution in [2.75, 3.05) is 20.1 Å². The van der Waals surface area contributed by atoms with Crippen LogP contribution in [0.4, 0.5) is 0 Å². The van der Waals surface area contributed by atoms with Gasteiger partial charge in [0.1, 0.15) is 0 Å². The van der Waals surface area contributed by atoms with Gasteiger partial charge in [0, 0.05) is 43.9 Å². The van der Waals surface area contributed by atoms with Gasteiger partial charge in [-0.05, 0) is 58.4 Å². The minimum atomic E-state index is -0.404. The lowest BCUT2D eigenvalue weighted by atomic mass is 9.83. The summed E-state index contributed by atoms with van der Waals surface area (Å²) >= 11 is 0. The third-order valence-corrected chi connectivity index (χ3v) is 8.17. The van der Waals surface area contributed by atoms with Crippen molar-refractivity contribution >= 4 is 11.8 Å². The van der Waals surface area contributed by atoms with Crippen molar-refractivity contribution in [1.29, 1.82) is 0 Å². The van der Waals surface area contributed by atoms with E-state index in [4.69, 9.17) is 4.74 Å². The van der Waals surface area contributed by atoms with E-state index in [1.807, 2.05) is 7.05 Å². The van der Waals surface area contributed by atoms with Crippen molar-refractivity contribution in [2.45, 2.75) is 141 Å². The zero-order chi connectivity index (χ0) is 25.6. The standard InChI is InChI=1S/C28H53N3O4/c1-5-22-15-14-20-31(22)26(33)18-12-9-13-19-30-25(32)17-11-8-7-10-16-24-27(29-4)21(3)28(34)23(6-2)35-24/h21-24,27-29,34H,5-20H2,1-4H3,(H,30,32). The number of ether oxygens (including phenoxy) is 1. The fraction of sp³-hybridized carbons (Fsp3) is 0.929. The van der Waals surface area contributed by atoms with E-state index >= 15 is 0 Å². The molecule has 0 aliphatic carbocycles. The molecule has 0 aromatic rings. The molecule has 35 heavy (non-hydrogen) atoms. The number of likely N-dealkylation sites (tertiary alicyclic amines) is 1. The molecule has 2 heterocycles. The second-order valence-electron chi connectivity index (χ2n) is 10.7. The molecular weight excluding hydrogens is 442 g/mol. The highest BCUT2D eigenvalue weighted by molar-refractivity contribution is 5.77. The summed E-state index contributed by atoms with van der Waals surface area (Å²) in [6.07, 6.45) is 13.1. The molecule has 6 unspecified atom stereocenters.